The molecule has 2 heteroatoms. The number of hydrogen-bond acceptors (Lipinski definition) is 2. The van der Waals surface area contributed by atoms with Gasteiger partial charge >= 0.3 is 0 Å². The second kappa shape index (κ2) is 2.48. The first kappa shape index (κ1) is 6.75. The van der Waals surface area contributed by atoms with Gasteiger partial charge in [-0.05, 0) is 19.4 Å². The van der Waals surface area contributed by atoms with Gasteiger partial charge in [0.1, 0.15) is 6.29 Å². The van der Waals surface area contributed by atoms with Crippen molar-refractivity contribution in [2.75, 3.05) is 13.1 Å². The lowest BCUT2D eigenvalue weighted by atomic mass is 9.86. The Hall–Kier alpha value is -0.370. The standard InChI is InChI=1S/C7H13NO/c1-2-7(6-9)3-4-8-5-7/h6,8H,2-5H2,1H3. The van der Waals surface area contributed by atoms with Crippen LogP contribution in [0.4, 0.5) is 0 Å². The number of aldehydes is 1. The lowest BCUT2D eigenvalue weighted by molar-refractivity contribution is -0.115. The second-order valence-electron chi connectivity index (χ2n) is 2.76. The summed E-state index contributed by atoms with van der Waals surface area (Å²) in [6.07, 6.45) is 3.10. The lowest BCUT2D eigenvalue weighted by Gasteiger charge is -2.16. The van der Waals surface area contributed by atoms with Crippen molar-refractivity contribution in [1.82, 2.24) is 5.32 Å². The largest absolute Gasteiger partial charge is 0.316 e. The van der Waals surface area contributed by atoms with Crippen molar-refractivity contribution in [3.8, 4) is 0 Å². The number of rotatable bonds is 2. The van der Waals surface area contributed by atoms with Crippen molar-refractivity contribution in [2.45, 2.75) is 19.8 Å². The van der Waals surface area contributed by atoms with E-state index in [-0.39, 0.29) is 5.41 Å². The molecule has 0 spiro atoms. The van der Waals surface area contributed by atoms with Gasteiger partial charge < -0.3 is 10.1 Å². The summed E-state index contributed by atoms with van der Waals surface area (Å²) in [6.45, 7) is 3.96. The zero-order chi connectivity index (χ0) is 6.74. The SMILES string of the molecule is CCC1(C=O)CCNC1. The van der Waals surface area contributed by atoms with Crippen LogP contribution in [-0.4, -0.2) is 19.4 Å². The van der Waals surface area contributed by atoms with Gasteiger partial charge in [-0.2, -0.15) is 0 Å². The molecule has 1 saturated heterocycles. The van der Waals surface area contributed by atoms with Crippen molar-refractivity contribution in [3.05, 3.63) is 0 Å². The maximum atomic E-state index is 10.5. The molecule has 9 heavy (non-hydrogen) atoms. The van der Waals surface area contributed by atoms with E-state index in [4.69, 9.17) is 0 Å². The van der Waals surface area contributed by atoms with Crippen LogP contribution in [0.2, 0.25) is 0 Å². The maximum Gasteiger partial charge on any atom is 0.127 e. The summed E-state index contributed by atoms with van der Waals surface area (Å²) >= 11 is 0. The number of nitrogens with one attached hydrogen (secondary N) is 1. The average Bonchev–Trinajstić information content (AvgIpc) is 2.36. The molecule has 0 aromatic rings. The molecule has 0 amide bonds. The highest BCUT2D eigenvalue weighted by molar-refractivity contribution is 5.60. The molecule has 0 saturated carbocycles. The summed E-state index contributed by atoms with van der Waals surface area (Å²) in [5, 5.41) is 3.18. The molecule has 0 aromatic heterocycles. The van der Waals surface area contributed by atoms with Gasteiger partial charge in [0.05, 0.1) is 0 Å². The van der Waals surface area contributed by atoms with Crippen LogP contribution in [0.25, 0.3) is 0 Å². The molecule has 1 N–H and O–H groups in total. The molecule has 1 rings (SSSR count). The molecular formula is C7H13NO. The highest BCUT2D eigenvalue weighted by atomic mass is 16.1. The number of carbonyl (C=O) groups is 1. The molecular weight excluding hydrogens is 114 g/mol. The third-order valence-corrected chi connectivity index (χ3v) is 2.23. The summed E-state index contributed by atoms with van der Waals surface area (Å²) in [5.74, 6) is 0. The zero-order valence-corrected chi connectivity index (χ0v) is 5.81. The third kappa shape index (κ3) is 1.13. The predicted molar refractivity (Wildman–Crippen MR) is 36.3 cm³/mol. The van der Waals surface area contributed by atoms with E-state index in [0.717, 1.165) is 32.2 Å². The summed E-state index contributed by atoms with van der Waals surface area (Å²) in [4.78, 5) is 10.5. The lowest BCUT2D eigenvalue weighted by Crippen LogP contribution is -2.24. The Morgan fingerprint density at radius 3 is 2.78 bits per heavy atom. The van der Waals surface area contributed by atoms with E-state index in [9.17, 15) is 4.79 Å². The van der Waals surface area contributed by atoms with Gasteiger partial charge in [0, 0.05) is 12.0 Å². The fraction of sp³-hybridized carbons (Fsp3) is 0.857. The predicted octanol–water partition coefficient (Wildman–Crippen LogP) is 0.575. The van der Waals surface area contributed by atoms with Crippen molar-refractivity contribution >= 4 is 6.29 Å². The van der Waals surface area contributed by atoms with Gasteiger partial charge in [-0.25, -0.2) is 0 Å². The normalized spacial score (nSPS) is 34.8. The molecule has 0 aromatic carbocycles. The molecule has 0 bridgehead atoms. The van der Waals surface area contributed by atoms with Crippen LogP contribution in [0.15, 0.2) is 0 Å². The average molecular weight is 127 g/mol. The molecule has 1 unspecified atom stereocenters. The van der Waals surface area contributed by atoms with Crippen LogP contribution in [0, 0.1) is 5.41 Å². The van der Waals surface area contributed by atoms with Gasteiger partial charge in [0.2, 0.25) is 0 Å². The smallest absolute Gasteiger partial charge is 0.127 e. The third-order valence-electron chi connectivity index (χ3n) is 2.23. The maximum absolute atomic E-state index is 10.5. The number of carbonyl (C=O) groups excluding carboxylic acids is 1. The topological polar surface area (TPSA) is 29.1 Å². The van der Waals surface area contributed by atoms with Crippen molar-refractivity contribution in [2.24, 2.45) is 5.41 Å². The molecule has 1 fully saturated rings. The minimum atomic E-state index is -0.0139. The van der Waals surface area contributed by atoms with E-state index in [1.807, 2.05) is 0 Å². The van der Waals surface area contributed by atoms with Gasteiger partial charge in [-0.15, -0.1) is 0 Å². The van der Waals surface area contributed by atoms with Gasteiger partial charge in [0.25, 0.3) is 0 Å². The fourth-order valence-electron chi connectivity index (χ4n) is 1.25. The van der Waals surface area contributed by atoms with Crippen molar-refractivity contribution in [1.29, 1.82) is 0 Å². The monoisotopic (exact) mass is 127 g/mol. The van der Waals surface area contributed by atoms with E-state index >= 15 is 0 Å². The van der Waals surface area contributed by atoms with Gasteiger partial charge in [0.15, 0.2) is 0 Å². The Morgan fingerprint density at radius 1 is 1.78 bits per heavy atom. The molecule has 1 aliphatic rings. The number of hydrogen-bond donors (Lipinski definition) is 1. The summed E-state index contributed by atoms with van der Waals surface area (Å²) in [5.41, 5.74) is -0.0139. The first-order chi connectivity index (χ1) is 4.33. The molecule has 1 heterocycles. The van der Waals surface area contributed by atoms with Crippen molar-refractivity contribution < 1.29 is 4.79 Å². The Kier molecular flexibility index (Phi) is 1.86. The van der Waals surface area contributed by atoms with Crippen LogP contribution >= 0.6 is 0 Å². The van der Waals surface area contributed by atoms with Crippen LogP contribution in [0.3, 0.4) is 0 Å². The summed E-state index contributed by atoms with van der Waals surface area (Å²) in [7, 11) is 0. The van der Waals surface area contributed by atoms with Crippen LogP contribution in [0.5, 0.6) is 0 Å². The van der Waals surface area contributed by atoms with E-state index in [1.54, 1.807) is 0 Å². The molecule has 1 aliphatic heterocycles. The first-order valence-corrected chi connectivity index (χ1v) is 3.50. The molecule has 1 atom stereocenters. The molecule has 0 radical (unpaired) electrons. The van der Waals surface area contributed by atoms with Crippen molar-refractivity contribution in [3.63, 3.8) is 0 Å². The zero-order valence-electron chi connectivity index (χ0n) is 5.81. The van der Waals surface area contributed by atoms with E-state index < -0.39 is 0 Å². The van der Waals surface area contributed by atoms with Crippen LogP contribution in [-0.2, 0) is 4.79 Å². The highest BCUT2D eigenvalue weighted by Crippen LogP contribution is 2.25. The van der Waals surface area contributed by atoms with Gasteiger partial charge in [-0.3, -0.25) is 0 Å². The fourth-order valence-corrected chi connectivity index (χ4v) is 1.25. The summed E-state index contributed by atoms with van der Waals surface area (Å²) in [6, 6.07) is 0. The van der Waals surface area contributed by atoms with Crippen LogP contribution in [0.1, 0.15) is 19.8 Å². The first-order valence-electron chi connectivity index (χ1n) is 3.50. The van der Waals surface area contributed by atoms with E-state index in [1.165, 1.54) is 0 Å². The Morgan fingerprint density at radius 2 is 2.56 bits per heavy atom. The van der Waals surface area contributed by atoms with Crippen LogP contribution < -0.4 is 5.32 Å². The Balaban J connectivity index is 2.55. The summed E-state index contributed by atoms with van der Waals surface area (Å²) < 4.78 is 0. The van der Waals surface area contributed by atoms with E-state index in [0.29, 0.717) is 0 Å². The minimum Gasteiger partial charge on any atom is -0.316 e. The molecule has 2 nitrogen and oxygen atoms in total. The quantitative estimate of drug-likeness (QED) is 0.550. The molecule has 52 valence electrons. The highest BCUT2D eigenvalue weighted by Gasteiger charge is 2.30. The van der Waals surface area contributed by atoms with E-state index in [2.05, 4.69) is 12.2 Å². The Bertz CT molecular complexity index is 105. The minimum absolute atomic E-state index is 0.0139. The second-order valence-corrected chi connectivity index (χ2v) is 2.76. The molecule has 0 aliphatic carbocycles. The Labute approximate surface area is 55.6 Å². The van der Waals surface area contributed by atoms with Gasteiger partial charge in [-0.1, -0.05) is 6.92 Å².